The van der Waals surface area contributed by atoms with Crippen molar-refractivity contribution in [2.75, 3.05) is 20.1 Å². The fraction of sp³-hybridized carbons (Fsp3) is 0.700. The molecular weight excluding hydrogens is 164 g/mol. The Morgan fingerprint density at radius 2 is 2.08 bits per heavy atom. The zero-order chi connectivity index (χ0) is 9.42. The van der Waals surface area contributed by atoms with Gasteiger partial charge in [-0.25, -0.2) is 0 Å². The first kappa shape index (κ1) is 8.75. The number of amides is 1. The first-order valence-corrected chi connectivity index (χ1v) is 4.85. The van der Waals surface area contributed by atoms with E-state index in [0.29, 0.717) is 12.1 Å². The molecular formula is C10H16N2O. The van der Waals surface area contributed by atoms with Gasteiger partial charge in [0.2, 0.25) is 5.91 Å². The molecule has 0 aliphatic carbocycles. The largest absolute Gasteiger partial charge is 0.333 e. The van der Waals surface area contributed by atoms with Crippen LogP contribution in [-0.4, -0.2) is 47.9 Å². The normalized spacial score (nSPS) is 33.5. The number of carbonyl (C=O) groups excluding carboxylic acids is 1. The van der Waals surface area contributed by atoms with Crippen molar-refractivity contribution in [1.82, 2.24) is 9.80 Å². The lowest BCUT2D eigenvalue weighted by molar-refractivity contribution is -0.135. The Balaban J connectivity index is 2.10. The monoisotopic (exact) mass is 180 g/mol. The van der Waals surface area contributed by atoms with Crippen LogP contribution in [-0.2, 0) is 4.79 Å². The van der Waals surface area contributed by atoms with Gasteiger partial charge in [0, 0.05) is 25.2 Å². The second kappa shape index (κ2) is 3.14. The SMILES string of the molecule is C=CC(=O)N1CC2CCC1CN2C. The van der Waals surface area contributed by atoms with Crippen molar-refractivity contribution in [3.05, 3.63) is 12.7 Å². The first-order valence-electron chi connectivity index (χ1n) is 4.85. The summed E-state index contributed by atoms with van der Waals surface area (Å²) in [6.07, 6.45) is 3.83. The number of carbonyl (C=O) groups is 1. The summed E-state index contributed by atoms with van der Waals surface area (Å²) in [5.41, 5.74) is 0. The number of piperidine rings is 2. The Morgan fingerprint density at radius 3 is 2.54 bits per heavy atom. The summed E-state index contributed by atoms with van der Waals surface area (Å²) in [4.78, 5) is 15.8. The molecule has 3 aliphatic heterocycles. The average molecular weight is 180 g/mol. The molecule has 2 bridgehead atoms. The number of fused-ring (bicyclic) bond motifs is 3. The molecule has 2 atom stereocenters. The topological polar surface area (TPSA) is 23.6 Å². The molecule has 3 nitrogen and oxygen atoms in total. The Hall–Kier alpha value is -0.830. The molecule has 0 saturated carbocycles. The van der Waals surface area contributed by atoms with Crippen LogP contribution >= 0.6 is 0 Å². The Labute approximate surface area is 79.0 Å². The van der Waals surface area contributed by atoms with Gasteiger partial charge in [-0.2, -0.15) is 0 Å². The van der Waals surface area contributed by atoms with Gasteiger partial charge in [-0.15, -0.1) is 0 Å². The van der Waals surface area contributed by atoms with Gasteiger partial charge in [0.15, 0.2) is 0 Å². The lowest BCUT2D eigenvalue weighted by Gasteiger charge is -2.50. The number of likely N-dealkylation sites (N-methyl/N-ethyl adjacent to an activating group) is 1. The molecule has 0 aromatic heterocycles. The summed E-state index contributed by atoms with van der Waals surface area (Å²) in [7, 11) is 2.15. The molecule has 3 aliphatic rings. The molecule has 2 unspecified atom stereocenters. The maximum atomic E-state index is 11.5. The second-order valence-corrected chi connectivity index (χ2v) is 4.02. The van der Waals surface area contributed by atoms with Crippen LogP contribution in [0.3, 0.4) is 0 Å². The molecule has 72 valence electrons. The van der Waals surface area contributed by atoms with Gasteiger partial charge in [0.05, 0.1) is 0 Å². The van der Waals surface area contributed by atoms with Crippen LogP contribution in [0.5, 0.6) is 0 Å². The van der Waals surface area contributed by atoms with E-state index in [1.165, 1.54) is 12.5 Å². The van der Waals surface area contributed by atoms with E-state index in [1.54, 1.807) is 0 Å². The quantitative estimate of drug-likeness (QED) is 0.548. The minimum Gasteiger partial charge on any atom is -0.333 e. The van der Waals surface area contributed by atoms with Crippen LogP contribution in [0.25, 0.3) is 0 Å². The van der Waals surface area contributed by atoms with Crippen LogP contribution in [0.15, 0.2) is 12.7 Å². The maximum Gasteiger partial charge on any atom is 0.246 e. The molecule has 0 aromatic rings. The van der Waals surface area contributed by atoms with Gasteiger partial charge >= 0.3 is 0 Å². The summed E-state index contributed by atoms with van der Waals surface area (Å²) in [6.45, 7) is 5.46. The van der Waals surface area contributed by atoms with Crippen LogP contribution in [0.4, 0.5) is 0 Å². The molecule has 3 fully saturated rings. The van der Waals surface area contributed by atoms with Crippen molar-refractivity contribution in [1.29, 1.82) is 0 Å². The highest BCUT2D eigenvalue weighted by Gasteiger charge is 2.38. The van der Waals surface area contributed by atoms with E-state index >= 15 is 0 Å². The van der Waals surface area contributed by atoms with E-state index in [9.17, 15) is 4.79 Å². The van der Waals surface area contributed by atoms with Crippen molar-refractivity contribution < 1.29 is 4.79 Å². The van der Waals surface area contributed by atoms with Gasteiger partial charge in [0.1, 0.15) is 0 Å². The third kappa shape index (κ3) is 1.37. The highest BCUT2D eigenvalue weighted by molar-refractivity contribution is 5.87. The van der Waals surface area contributed by atoms with Crippen LogP contribution in [0, 0.1) is 0 Å². The van der Waals surface area contributed by atoms with Crippen molar-refractivity contribution in [3.63, 3.8) is 0 Å². The van der Waals surface area contributed by atoms with E-state index < -0.39 is 0 Å². The number of rotatable bonds is 1. The summed E-state index contributed by atoms with van der Waals surface area (Å²) < 4.78 is 0. The summed E-state index contributed by atoms with van der Waals surface area (Å²) >= 11 is 0. The number of nitrogens with zero attached hydrogens (tertiary/aromatic N) is 2. The number of hydrogen-bond donors (Lipinski definition) is 0. The first-order chi connectivity index (χ1) is 6.22. The third-order valence-corrected chi connectivity index (χ3v) is 3.26. The van der Waals surface area contributed by atoms with E-state index in [1.807, 2.05) is 4.90 Å². The third-order valence-electron chi connectivity index (χ3n) is 3.26. The van der Waals surface area contributed by atoms with Crippen LogP contribution in [0.1, 0.15) is 12.8 Å². The van der Waals surface area contributed by atoms with Crippen molar-refractivity contribution >= 4 is 5.91 Å². The van der Waals surface area contributed by atoms with Crippen molar-refractivity contribution in [3.8, 4) is 0 Å². The molecule has 3 heterocycles. The molecule has 0 N–H and O–H groups in total. The summed E-state index contributed by atoms with van der Waals surface area (Å²) in [5.74, 6) is 0.0998. The van der Waals surface area contributed by atoms with E-state index in [2.05, 4.69) is 18.5 Å². The van der Waals surface area contributed by atoms with E-state index in [0.717, 1.165) is 19.5 Å². The zero-order valence-electron chi connectivity index (χ0n) is 8.07. The van der Waals surface area contributed by atoms with Gasteiger partial charge in [-0.3, -0.25) is 9.69 Å². The molecule has 3 saturated heterocycles. The maximum absolute atomic E-state index is 11.5. The van der Waals surface area contributed by atoms with Crippen LogP contribution < -0.4 is 0 Å². The highest BCUT2D eigenvalue weighted by atomic mass is 16.2. The molecule has 3 heteroatoms. The molecule has 13 heavy (non-hydrogen) atoms. The molecule has 3 rings (SSSR count). The number of hydrogen-bond acceptors (Lipinski definition) is 2. The lowest BCUT2D eigenvalue weighted by atomic mass is 9.91. The summed E-state index contributed by atoms with van der Waals surface area (Å²) in [6, 6.07) is 1.01. The fourth-order valence-corrected chi connectivity index (χ4v) is 2.43. The lowest BCUT2D eigenvalue weighted by Crippen LogP contribution is -2.62. The van der Waals surface area contributed by atoms with Gasteiger partial charge in [-0.1, -0.05) is 6.58 Å². The van der Waals surface area contributed by atoms with Gasteiger partial charge in [-0.05, 0) is 26.0 Å². The second-order valence-electron chi connectivity index (χ2n) is 4.02. The molecule has 0 spiro atoms. The van der Waals surface area contributed by atoms with Crippen LogP contribution in [0.2, 0.25) is 0 Å². The summed E-state index contributed by atoms with van der Waals surface area (Å²) in [5, 5.41) is 0. The average Bonchev–Trinajstić information content (AvgIpc) is 2.17. The molecule has 0 radical (unpaired) electrons. The van der Waals surface area contributed by atoms with Gasteiger partial charge in [0.25, 0.3) is 0 Å². The standard InChI is InChI=1S/C10H16N2O/c1-3-10(13)12-7-8-4-5-9(12)6-11(8)2/h3,8-9H,1,4-7H2,2H3. The van der Waals surface area contributed by atoms with Crippen molar-refractivity contribution in [2.24, 2.45) is 0 Å². The van der Waals surface area contributed by atoms with E-state index in [-0.39, 0.29) is 5.91 Å². The fourth-order valence-electron chi connectivity index (χ4n) is 2.43. The Bertz CT molecular complexity index is 239. The smallest absolute Gasteiger partial charge is 0.246 e. The van der Waals surface area contributed by atoms with E-state index in [4.69, 9.17) is 0 Å². The highest BCUT2D eigenvalue weighted by Crippen LogP contribution is 2.27. The Morgan fingerprint density at radius 1 is 1.38 bits per heavy atom. The minimum atomic E-state index is 0.0998. The molecule has 0 aromatic carbocycles. The predicted molar refractivity (Wildman–Crippen MR) is 51.4 cm³/mol. The van der Waals surface area contributed by atoms with Gasteiger partial charge < -0.3 is 4.90 Å². The van der Waals surface area contributed by atoms with Crippen molar-refractivity contribution in [2.45, 2.75) is 24.9 Å². The predicted octanol–water partition coefficient (Wildman–Crippen LogP) is 0.477. The Kier molecular flexibility index (Phi) is 2.12. The minimum absolute atomic E-state index is 0.0998. The number of piperazine rings is 1. The molecule has 1 amide bonds. The zero-order valence-corrected chi connectivity index (χ0v) is 8.07.